The number of nitrogens with zero attached hydrogens (tertiary/aromatic N) is 1. The number of rotatable bonds is 2. The third-order valence-corrected chi connectivity index (χ3v) is 3.64. The van der Waals surface area contributed by atoms with Gasteiger partial charge in [0.2, 0.25) is 0 Å². The minimum atomic E-state index is -0.817. The Balaban J connectivity index is 2.08. The van der Waals surface area contributed by atoms with Crippen molar-refractivity contribution in [3.63, 3.8) is 0 Å². The van der Waals surface area contributed by atoms with Crippen LogP contribution in [0, 0.1) is 11.3 Å². The fourth-order valence-corrected chi connectivity index (χ4v) is 2.48. The van der Waals surface area contributed by atoms with Crippen LogP contribution in [0.4, 0.5) is 0 Å². The summed E-state index contributed by atoms with van der Waals surface area (Å²) in [4.78, 5) is 0. The monoisotopic (exact) mass is 277 g/mol. The Kier molecular flexibility index (Phi) is 3.44. The lowest BCUT2D eigenvalue weighted by atomic mass is 9.94. The van der Waals surface area contributed by atoms with Gasteiger partial charge in [-0.25, -0.2) is 0 Å². The molecular weight excluding hydrogens is 262 g/mol. The molecule has 1 aliphatic rings. The van der Waals surface area contributed by atoms with Gasteiger partial charge in [-0.2, -0.15) is 5.26 Å². The first-order chi connectivity index (χ1) is 10.2. The molecule has 0 amide bonds. The summed E-state index contributed by atoms with van der Waals surface area (Å²) >= 11 is 0. The first-order valence-electron chi connectivity index (χ1n) is 6.71. The van der Waals surface area contributed by atoms with Gasteiger partial charge in [0.15, 0.2) is 6.23 Å². The molecule has 0 radical (unpaired) electrons. The highest BCUT2D eigenvalue weighted by Gasteiger charge is 2.20. The molecule has 2 aromatic carbocycles. The van der Waals surface area contributed by atoms with Crippen LogP contribution in [-0.2, 0) is 6.54 Å². The number of nitrogens with two attached hydrogens (primary N) is 1. The summed E-state index contributed by atoms with van der Waals surface area (Å²) in [6.45, 7) is 0.497. The normalized spacial score (nSPS) is 16.4. The minimum absolute atomic E-state index is 0.497. The predicted molar refractivity (Wildman–Crippen MR) is 81.5 cm³/mol. The lowest BCUT2D eigenvalue weighted by molar-refractivity contribution is 0.158. The number of hydrogen-bond donors (Lipinski definition) is 3. The van der Waals surface area contributed by atoms with E-state index in [0.717, 1.165) is 28.0 Å². The number of nitriles is 1. The third-order valence-electron chi connectivity index (χ3n) is 3.64. The first-order valence-corrected chi connectivity index (χ1v) is 6.71. The number of hydrogen-bond acceptors (Lipinski definition) is 4. The van der Waals surface area contributed by atoms with Crippen molar-refractivity contribution >= 4 is 11.8 Å². The quantitative estimate of drug-likeness (QED) is 0.785. The average molecular weight is 277 g/mol. The highest BCUT2D eigenvalue weighted by atomic mass is 16.3. The van der Waals surface area contributed by atoms with Crippen molar-refractivity contribution < 1.29 is 5.11 Å². The summed E-state index contributed by atoms with van der Waals surface area (Å²) in [6.07, 6.45) is 1.08. The maximum Gasteiger partial charge on any atom is 0.151 e. The van der Waals surface area contributed by atoms with E-state index in [4.69, 9.17) is 5.73 Å². The maximum absolute atomic E-state index is 10.2. The summed E-state index contributed by atoms with van der Waals surface area (Å²) in [6, 6.07) is 15.3. The molecule has 0 saturated heterocycles. The Hall–Kier alpha value is -2.61. The van der Waals surface area contributed by atoms with Crippen LogP contribution < -0.4 is 11.1 Å². The number of nitrogens with one attached hydrogen (secondary N) is 1. The largest absolute Gasteiger partial charge is 0.369 e. The number of benzene rings is 2. The van der Waals surface area contributed by atoms with Gasteiger partial charge in [-0.3, -0.25) is 0 Å². The third kappa shape index (κ3) is 2.40. The van der Waals surface area contributed by atoms with Crippen molar-refractivity contribution in [2.75, 3.05) is 0 Å². The van der Waals surface area contributed by atoms with Crippen molar-refractivity contribution in [3.8, 4) is 6.07 Å². The molecule has 1 aliphatic heterocycles. The number of fused-ring (bicyclic) bond motifs is 1. The molecule has 0 spiro atoms. The molecule has 0 aromatic heterocycles. The van der Waals surface area contributed by atoms with Crippen molar-refractivity contribution in [3.05, 3.63) is 70.3 Å². The van der Waals surface area contributed by atoms with Gasteiger partial charge in [0, 0.05) is 23.4 Å². The summed E-state index contributed by atoms with van der Waals surface area (Å²) in [5.41, 5.74) is 10.4. The molecule has 0 fully saturated rings. The van der Waals surface area contributed by atoms with Crippen LogP contribution in [-0.4, -0.2) is 5.11 Å². The van der Waals surface area contributed by atoms with Crippen LogP contribution in [0.2, 0.25) is 0 Å². The van der Waals surface area contributed by atoms with Crippen LogP contribution in [0.5, 0.6) is 0 Å². The van der Waals surface area contributed by atoms with E-state index >= 15 is 0 Å². The second-order valence-corrected chi connectivity index (χ2v) is 4.93. The van der Waals surface area contributed by atoms with E-state index < -0.39 is 6.23 Å². The molecule has 21 heavy (non-hydrogen) atoms. The van der Waals surface area contributed by atoms with Crippen molar-refractivity contribution in [2.45, 2.75) is 12.8 Å². The Morgan fingerprint density at radius 1 is 1.19 bits per heavy atom. The molecule has 4 heteroatoms. The summed E-state index contributed by atoms with van der Waals surface area (Å²) in [5.74, 6) is 0. The van der Waals surface area contributed by atoms with Crippen LogP contribution in [0.25, 0.3) is 11.8 Å². The smallest absolute Gasteiger partial charge is 0.151 e. The predicted octanol–water partition coefficient (Wildman–Crippen LogP) is 2.11. The Morgan fingerprint density at radius 2 is 1.95 bits per heavy atom. The standard InChI is InChI=1S/C17H15N3O/c18-9-11-4-6-12(7-5-11)16-8-15-13(10-19)2-1-3-14(15)17(21)20-16/h1-8,17,20-21H,9,18H2. The van der Waals surface area contributed by atoms with Crippen LogP contribution >= 0.6 is 0 Å². The average Bonchev–Trinajstić information content (AvgIpc) is 2.54. The first kappa shape index (κ1) is 13.4. The van der Waals surface area contributed by atoms with E-state index in [2.05, 4.69) is 11.4 Å². The molecular formula is C17H15N3O. The van der Waals surface area contributed by atoms with Gasteiger partial charge in [-0.1, -0.05) is 36.4 Å². The molecule has 0 saturated carbocycles. The van der Waals surface area contributed by atoms with Crippen molar-refractivity contribution in [1.29, 1.82) is 5.26 Å². The van der Waals surface area contributed by atoms with E-state index in [-0.39, 0.29) is 0 Å². The Bertz CT molecular complexity index is 742. The lowest BCUT2D eigenvalue weighted by Gasteiger charge is -2.25. The zero-order chi connectivity index (χ0) is 14.8. The van der Waals surface area contributed by atoms with Gasteiger partial charge in [0.25, 0.3) is 0 Å². The van der Waals surface area contributed by atoms with Crippen LogP contribution in [0.1, 0.15) is 34.0 Å². The lowest BCUT2D eigenvalue weighted by Crippen LogP contribution is -2.24. The second kappa shape index (κ2) is 5.41. The summed E-state index contributed by atoms with van der Waals surface area (Å²) < 4.78 is 0. The van der Waals surface area contributed by atoms with Gasteiger partial charge >= 0.3 is 0 Å². The summed E-state index contributed by atoms with van der Waals surface area (Å²) in [7, 11) is 0. The van der Waals surface area contributed by atoms with Crippen molar-refractivity contribution in [1.82, 2.24) is 5.32 Å². The second-order valence-electron chi connectivity index (χ2n) is 4.93. The SMILES string of the molecule is N#Cc1cccc2c1C=C(c1ccc(CN)cc1)NC2O. The fraction of sp³-hybridized carbons (Fsp3) is 0.118. The highest BCUT2D eigenvalue weighted by Crippen LogP contribution is 2.30. The fourth-order valence-electron chi connectivity index (χ4n) is 2.48. The van der Waals surface area contributed by atoms with Crippen LogP contribution in [0.15, 0.2) is 42.5 Å². The van der Waals surface area contributed by atoms with E-state index in [1.165, 1.54) is 0 Å². The summed E-state index contributed by atoms with van der Waals surface area (Å²) in [5, 5.41) is 22.5. The number of aliphatic hydroxyl groups excluding tert-OH is 1. The Morgan fingerprint density at radius 3 is 2.62 bits per heavy atom. The highest BCUT2D eigenvalue weighted by molar-refractivity contribution is 5.85. The van der Waals surface area contributed by atoms with E-state index in [1.807, 2.05) is 36.4 Å². The maximum atomic E-state index is 10.2. The molecule has 0 bridgehead atoms. The molecule has 2 aromatic rings. The van der Waals surface area contributed by atoms with Gasteiger partial charge in [0.1, 0.15) is 0 Å². The van der Waals surface area contributed by atoms with Gasteiger partial charge in [-0.05, 0) is 23.3 Å². The molecule has 1 unspecified atom stereocenters. The Labute approximate surface area is 123 Å². The molecule has 4 N–H and O–H groups in total. The molecule has 104 valence electrons. The van der Waals surface area contributed by atoms with E-state index in [1.54, 1.807) is 12.1 Å². The molecule has 0 aliphatic carbocycles. The van der Waals surface area contributed by atoms with Gasteiger partial charge in [0.05, 0.1) is 11.6 Å². The van der Waals surface area contributed by atoms with Crippen LogP contribution in [0.3, 0.4) is 0 Å². The minimum Gasteiger partial charge on any atom is -0.369 e. The molecule has 1 atom stereocenters. The zero-order valence-electron chi connectivity index (χ0n) is 11.4. The molecule has 4 nitrogen and oxygen atoms in total. The van der Waals surface area contributed by atoms with E-state index in [0.29, 0.717) is 12.1 Å². The van der Waals surface area contributed by atoms with E-state index in [9.17, 15) is 10.4 Å². The zero-order valence-corrected chi connectivity index (χ0v) is 11.4. The topological polar surface area (TPSA) is 82.1 Å². The van der Waals surface area contributed by atoms with Gasteiger partial charge in [-0.15, -0.1) is 0 Å². The van der Waals surface area contributed by atoms with Crippen molar-refractivity contribution in [2.24, 2.45) is 5.73 Å². The van der Waals surface area contributed by atoms with Gasteiger partial charge < -0.3 is 16.2 Å². The molecule has 1 heterocycles. The number of aliphatic hydroxyl groups is 1. The molecule has 3 rings (SSSR count).